The molecule has 0 radical (unpaired) electrons. The van der Waals surface area contributed by atoms with Gasteiger partial charge in [-0.1, -0.05) is 13.8 Å². The molecule has 3 saturated heterocycles. The zero-order valence-corrected chi connectivity index (χ0v) is 23.2. The highest BCUT2D eigenvalue weighted by molar-refractivity contribution is 8.03. The van der Waals surface area contributed by atoms with Crippen LogP contribution in [-0.2, 0) is 24.0 Å². The van der Waals surface area contributed by atoms with Gasteiger partial charge in [0.25, 0.3) is 0 Å². The van der Waals surface area contributed by atoms with Crippen molar-refractivity contribution in [1.29, 1.82) is 0 Å². The van der Waals surface area contributed by atoms with Crippen LogP contribution in [0.5, 0.6) is 0 Å². The second kappa shape index (κ2) is 10.5. The molecule has 0 aromatic carbocycles. The summed E-state index contributed by atoms with van der Waals surface area (Å²) in [5.74, 6) is -4.32. The van der Waals surface area contributed by atoms with E-state index < -0.39 is 48.0 Å². The number of aliphatic hydroxyl groups excluding tert-OH is 1. The van der Waals surface area contributed by atoms with Gasteiger partial charge < -0.3 is 36.0 Å². The smallest absolute Gasteiger partial charge is 0.353 e. The third kappa shape index (κ3) is 4.68. The Morgan fingerprint density at radius 2 is 1.82 bits per heavy atom. The van der Waals surface area contributed by atoms with Gasteiger partial charge in [0.15, 0.2) is 0 Å². The lowest BCUT2D eigenvalue weighted by Crippen LogP contribution is -2.68. The molecule has 5 N–H and O–H groups in total. The lowest BCUT2D eigenvalue weighted by atomic mass is 9.76. The summed E-state index contributed by atoms with van der Waals surface area (Å²) >= 11 is 1.41. The summed E-state index contributed by atoms with van der Waals surface area (Å²) in [4.78, 5) is 66.0. The van der Waals surface area contributed by atoms with Crippen LogP contribution in [-0.4, -0.2) is 106 Å². The standard InChI is InChI=1S/C25H37N5O7S/c1-9(17-16(12(4)31)22(33)28-17)21(32)27-11(3)15-18-10(2)20(19(25(36)37)30(18)24(15)35)38-13-7-14(26-8-13)23(34)29(5)6/h9-18,26,31H,7-8H2,1-6H3,(H,27,32)(H,28,33)(H,36,37)/t9?,10-,11?,12?,13+,14+,15-,16?,17?,18-/m1/s1. The van der Waals surface area contributed by atoms with E-state index in [0.717, 1.165) is 0 Å². The van der Waals surface area contributed by atoms with E-state index in [1.54, 1.807) is 27.9 Å². The number of thioether (sulfide) groups is 1. The van der Waals surface area contributed by atoms with E-state index in [1.807, 2.05) is 6.92 Å². The van der Waals surface area contributed by atoms with Crippen molar-refractivity contribution in [3.8, 4) is 0 Å². The molecule has 3 fully saturated rings. The Labute approximate surface area is 225 Å². The van der Waals surface area contributed by atoms with Crippen molar-refractivity contribution in [2.45, 2.75) is 69.6 Å². The first-order chi connectivity index (χ1) is 17.8. The van der Waals surface area contributed by atoms with Gasteiger partial charge in [0.1, 0.15) is 5.70 Å². The number of hydrogen-bond donors (Lipinski definition) is 5. The number of carbonyl (C=O) groups is 5. The van der Waals surface area contributed by atoms with Crippen molar-refractivity contribution in [2.75, 3.05) is 20.6 Å². The second-order valence-corrected chi connectivity index (χ2v) is 12.4. The van der Waals surface area contributed by atoms with Gasteiger partial charge in [-0.3, -0.25) is 19.2 Å². The summed E-state index contributed by atoms with van der Waals surface area (Å²) in [6, 6.07) is -1.79. The number of likely N-dealkylation sites (N-methyl/N-ethyl adjacent to an activating group) is 1. The Hall–Kier alpha value is -2.64. The number of β-lactam (4-membered cyclic amide) rings is 2. The Bertz CT molecular complexity index is 1080. The molecule has 12 nitrogen and oxygen atoms in total. The van der Waals surface area contributed by atoms with Crippen LogP contribution in [0.15, 0.2) is 10.6 Å². The highest BCUT2D eigenvalue weighted by Gasteiger charge is 2.61. The van der Waals surface area contributed by atoms with Crippen molar-refractivity contribution in [2.24, 2.45) is 23.7 Å². The van der Waals surface area contributed by atoms with Crippen molar-refractivity contribution < 1.29 is 34.2 Å². The first-order valence-corrected chi connectivity index (χ1v) is 13.8. The fraction of sp³-hybridized carbons (Fsp3) is 0.720. The number of hydrogen-bond acceptors (Lipinski definition) is 8. The van der Waals surface area contributed by atoms with Crippen LogP contribution in [0.2, 0.25) is 0 Å². The highest BCUT2D eigenvalue weighted by Crippen LogP contribution is 2.52. The third-order valence-electron chi connectivity index (χ3n) is 8.29. The SMILES string of the molecule is CC(O)C1C(=O)NC1C(C)C(=O)NC(C)[C@H]1C(=O)N2C(C(=O)O)=C(S[C@@H]3CN[C@H](C(=O)N(C)C)C3)[C@H](C)[C@H]12. The molecular weight excluding hydrogens is 514 g/mol. The van der Waals surface area contributed by atoms with Gasteiger partial charge in [0.05, 0.1) is 42.0 Å². The summed E-state index contributed by atoms with van der Waals surface area (Å²) < 4.78 is 0. The molecule has 0 saturated carbocycles. The molecule has 0 aromatic rings. The molecule has 4 heterocycles. The molecule has 38 heavy (non-hydrogen) atoms. The molecule has 4 amide bonds. The molecule has 0 aliphatic carbocycles. The van der Waals surface area contributed by atoms with Gasteiger partial charge in [0.2, 0.25) is 23.6 Å². The van der Waals surface area contributed by atoms with E-state index >= 15 is 0 Å². The fourth-order valence-electron chi connectivity index (χ4n) is 6.15. The highest BCUT2D eigenvalue weighted by atomic mass is 32.2. The van der Waals surface area contributed by atoms with Crippen molar-refractivity contribution in [3.05, 3.63) is 10.6 Å². The van der Waals surface area contributed by atoms with Crippen LogP contribution in [0.1, 0.15) is 34.1 Å². The molecule has 5 unspecified atom stereocenters. The predicted octanol–water partition coefficient (Wildman–Crippen LogP) is -1.05. The summed E-state index contributed by atoms with van der Waals surface area (Å²) in [6.45, 7) is 7.35. The predicted molar refractivity (Wildman–Crippen MR) is 138 cm³/mol. The summed E-state index contributed by atoms with van der Waals surface area (Å²) in [6.07, 6.45) is -0.326. The van der Waals surface area contributed by atoms with Gasteiger partial charge in [-0.05, 0) is 20.3 Å². The molecular formula is C25H37N5O7S. The molecule has 4 aliphatic heterocycles. The molecule has 210 valence electrons. The molecule has 0 bridgehead atoms. The largest absolute Gasteiger partial charge is 0.477 e. The van der Waals surface area contributed by atoms with Gasteiger partial charge in [-0.2, -0.15) is 0 Å². The average Bonchev–Trinajstić information content (AvgIpc) is 3.37. The maximum atomic E-state index is 13.2. The van der Waals surface area contributed by atoms with E-state index in [4.69, 9.17) is 0 Å². The fourth-order valence-corrected chi connectivity index (χ4v) is 7.63. The first kappa shape index (κ1) is 28.4. The topological polar surface area (TPSA) is 168 Å². The van der Waals surface area contributed by atoms with Gasteiger partial charge in [0, 0.05) is 42.8 Å². The van der Waals surface area contributed by atoms with Crippen LogP contribution in [0.3, 0.4) is 0 Å². The normalized spacial score (nSPS) is 34.5. The number of carboxylic acids is 1. The Morgan fingerprint density at radius 1 is 1.16 bits per heavy atom. The lowest BCUT2D eigenvalue weighted by Gasteiger charge is -2.48. The zero-order chi connectivity index (χ0) is 28.2. The maximum Gasteiger partial charge on any atom is 0.353 e. The molecule has 10 atom stereocenters. The summed E-state index contributed by atoms with van der Waals surface area (Å²) in [7, 11) is 3.39. The molecule has 13 heteroatoms. The Morgan fingerprint density at radius 3 is 2.37 bits per heavy atom. The lowest BCUT2D eigenvalue weighted by molar-refractivity contribution is -0.158. The van der Waals surface area contributed by atoms with Crippen molar-refractivity contribution >= 4 is 41.4 Å². The number of fused-ring (bicyclic) bond motifs is 1. The number of rotatable bonds is 9. The van der Waals surface area contributed by atoms with Crippen LogP contribution >= 0.6 is 11.8 Å². The Balaban J connectivity index is 1.42. The first-order valence-electron chi connectivity index (χ1n) is 13.0. The maximum absolute atomic E-state index is 13.2. The third-order valence-corrected chi connectivity index (χ3v) is 9.81. The van der Waals surface area contributed by atoms with Crippen LogP contribution in [0, 0.1) is 23.7 Å². The van der Waals surface area contributed by atoms with Gasteiger partial charge in [-0.25, -0.2) is 4.79 Å². The number of carboxylic acid groups (broad SMARTS) is 1. The monoisotopic (exact) mass is 551 g/mol. The number of aliphatic carboxylic acids is 1. The Kier molecular flexibility index (Phi) is 7.84. The van der Waals surface area contributed by atoms with Crippen LogP contribution in [0.4, 0.5) is 0 Å². The van der Waals surface area contributed by atoms with Gasteiger partial charge in [-0.15, -0.1) is 11.8 Å². The van der Waals surface area contributed by atoms with E-state index in [1.165, 1.54) is 28.5 Å². The van der Waals surface area contributed by atoms with E-state index in [2.05, 4.69) is 16.0 Å². The zero-order valence-electron chi connectivity index (χ0n) is 22.4. The summed E-state index contributed by atoms with van der Waals surface area (Å²) in [5.41, 5.74) is -0.0139. The number of nitrogens with one attached hydrogen (secondary N) is 3. The molecule has 0 spiro atoms. The van der Waals surface area contributed by atoms with Crippen LogP contribution in [0.25, 0.3) is 0 Å². The number of aliphatic hydroxyl groups is 1. The van der Waals surface area contributed by atoms with Gasteiger partial charge >= 0.3 is 5.97 Å². The number of carbonyl (C=O) groups excluding carboxylic acids is 4. The van der Waals surface area contributed by atoms with Crippen LogP contribution < -0.4 is 16.0 Å². The number of nitrogens with zero attached hydrogens (tertiary/aromatic N) is 2. The molecule has 0 aromatic heterocycles. The van der Waals surface area contributed by atoms with E-state index in [0.29, 0.717) is 17.9 Å². The van der Waals surface area contributed by atoms with E-state index in [-0.39, 0.29) is 46.5 Å². The minimum atomic E-state index is -1.17. The number of amides is 4. The minimum Gasteiger partial charge on any atom is -0.477 e. The van der Waals surface area contributed by atoms with E-state index in [9.17, 15) is 34.2 Å². The quantitative estimate of drug-likeness (QED) is 0.225. The summed E-state index contributed by atoms with van der Waals surface area (Å²) in [5, 5.41) is 28.6. The molecule has 4 aliphatic rings. The minimum absolute atomic E-state index is 0.0134. The van der Waals surface area contributed by atoms with Crippen molar-refractivity contribution in [1.82, 2.24) is 25.8 Å². The molecule has 4 rings (SSSR count). The second-order valence-electron chi connectivity index (χ2n) is 11.1. The average molecular weight is 552 g/mol. The van der Waals surface area contributed by atoms with Crippen molar-refractivity contribution in [3.63, 3.8) is 0 Å².